The molecule has 0 radical (unpaired) electrons. The minimum atomic E-state index is -2.21. The third-order valence-electron chi connectivity index (χ3n) is 3.24. The molecule has 2 heterocycles. The molecule has 6 heteroatoms. The molecule has 1 unspecified atom stereocenters. The lowest BCUT2D eigenvalue weighted by Crippen LogP contribution is -2.56. The topological polar surface area (TPSA) is 96.2 Å². The van der Waals surface area contributed by atoms with Gasteiger partial charge in [0.05, 0.1) is 5.41 Å². The van der Waals surface area contributed by atoms with Crippen molar-refractivity contribution in [2.24, 2.45) is 5.41 Å². The van der Waals surface area contributed by atoms with Gasteiger partial charge in [0.1, 0.15) is 0 Å². The average molecular weight is 204 g/mol. The number of rotatable bonds is 0. The molecule has 1 atom stereocenters. The minimum absolute atomic E-state index is 0.0721. The Labute approximate surface area is 81.8 Å². The van der Waals surface area contributed by atoms with Crippen molar-refractivity contribution in [3.8, 4) is 0 Å². The Morgan fingerprint density at radius 2 is 1.86 bits per heavy atom. The standard InChI is InChI=1S/C8H16N2O4/c1-10-3-2-6(5-10)4-7(11,12)9-8(6,13)14/h9,11-14H,2-5H2,1H3. The number of aliphatic hydroxyl groups is 4. The Bertz CT molecular complexity index is 256. The van der Waals surface area contributed by atoms with E-state index in [-0.39, 0.29) is 6.42 Å². The summed E-state index contributed by atoms with van der Waals surface area (Å²) < 4.78 is 0. The summed E-state index contributed by atoms with van der Waals surface area (Å²) in [7, 11) is 1.86. The van der Waals surface area contributed by atoms with Crippen LogP contribution in [0.25, 0.3) is 0 Å². The third kappa shape index (κ3) is 1.35. The number of nitrogens with zero attached hydrogens (tertiary/aromatic N) is 1. The second-order valence-electron chi connectivity index (χ2n) is 4.56. The van der Waals surface area contributed by atoms with Gasteiger partial charge in [0.25, 0.3) is 0 Å². The number of hydrogen-bond acceptors (Lipinski definition) is 6. The molecule has 2 rings (SSSR count). The van der Waals surface area contributed by atoms with Gasteiger partial charge in [0.15, 0.2) is 0 Å². The van der Waals surface area contributed by atoms with Crippen molar-refractivity contribution in [1.82, 2.24) is 10.2 Å². The zero-order chi connectivity index (χ0) is 10.6. The van der Waals surface area contributed by atoms with Crippen LogP contribution in [0, 0.1) is 5.41 Å². The quantitative estimate of drug-likeness (QED) is 0.282. The Kier molecular flexibility index (Phi) is 1.95. The van der Waals surface area contributed by atoms with Crippen molar-refractivity contribution in [3.63, 3.8) is 0 Å². The summed E-state index contributed by atoms with van der Waals surface area (Å²) in [4.78, 5) is 1.93. The largest absolute Gasteiger partial charge is 0.353 e. The molecular formula is C8H16N2O4. The molecule has 2 aliphatic heterocycles. The summed E-state index contributed by atoms with van der Waals surface area (Å²) in [5.41, 5.74) is -0.884. The van der Waals surface area contributed by atoms with Gasteiger partial charge in [-0.2, -0.15) is 0 Å². The summed E-state index contributed by atoms with van der Waals surface area (Å²) in [5.74, 6) is -4.39. The number of likely N-dealkylation sites (tertiary alicyclic amines) is 1. The van der Waals surface area contributed by atoms with E-state index in [1.165, 1.54) is 0 Å². The smallest absolute Gasteiger partial charge is 0.233 e. The van der Waals surface area contributed by atoms with E-state index in [4.69, 9.17) is 0 Å². The molecule has 0 aromatic carbocycles. The predicted octanol–water partition coefficient (Wildman–Crippen LogP) is -2.42. The third-order valence-corrected chi connectivity index (χ3v) is 3.24. The molecule has 2 fully saturated rings. The van der Waals surface area contributed by atoms with Gasteiger partial charge in [-0.3, -0.25) is 0 Å². The number of nitrogens with one attached hydrogen (secondary N) is 1. The minimum Gasteiger partial charge on any atom is -0.353 e. The van der Waals surface area contributed by atoms with Gasteiger partial charge in [-0.1, -0.05) is 0 Å². The van der Waals surface area contributed by atoms with E-state index in [1.54, 1.807) is 0 Å². The summed E-state index contributed by atoms with van der Waals surface area (Å²) >= 11 is 0. The lowest BCUT2D eigenvalue weighted by molar-refractivity contribution is -0.262. The summed E-state index contributed by atoms with van der Waals surface area (Å²) in [6.07, 6.45) is 0.462. The Morgan fingerprint density at radius 1 is 1.21 bits per heavy atom. The molecular weight excluding hydrogens is 188 g/mol. The SMILES string of the molecule is CN1CCC2(C1)CC(O)(O)NC2(O)O. The zero-order valence-electron chi connectivity index (χ0n) is 8.06. The van der Waals surface area contributed by atoms with Gasteiger partial charge in [0, 0.05) is 13.0 Å². The van der Waals surface area contributed by atoms with Crippen molar-refractivity contribution < 1.29 is 20.4 Å². The molecule has 0 aromatic rings. The first-order chi connectivity index (χ1) is 6.27. The second-order valence-corrected chi connectivity index (χ2v) is 4.56. The van der Waals surface area contributed by atoms with Crippen molar-refractivity contribution in [2.75, 3.05) is 20.1 Å². The van der Waals surface area contributed by atoms with E-state index in [0.29, 0.717) is 13.0 Å². The van der Waals surface area contributed by atoms with Gasteiger partial charge >= 0.3 is 0 Å². The monoisotopic (exact) mass is 204 g/mol. The highest BCUT2D eigenvalue weighted by Crippen LogP contribution is 2.48. The summed E-state index contributed by atoms with van der Waals surface area (Å²) in [6.45, 7) is 1.16. The van der Waals surface area contributed by atoms with Crippen LogP contribution in [-0.4, -0.2) is 57.3 Å². The van der Waals surface area contributed by atoms with Crippen LogP contribution in [0.4, 0.5) is 0 Å². The highest BCUT2D eigenvalue weighted by molar-refractivity contribution is 5.05. The zero-order valence-corrected chi connectivity index (χ0v) is 8.06. The fourth-order valence-corrected chi connectivity index (χ4v) is 2.56. The highest BCUT2D eigenvalue weighted by Gasteiger charge is 2.63. The summed E-state index contributed by atoms with van der Waals surface area (Å²) in [6, 6.07) is 0. The lowest BCUT2D eigenvalue weighted by Gasteiger charge is -2.32. The molecule has 14 heavy (non-hydrogen) atoms. The molecule has 0 bridgehead atoms. The van der Waals surface area contributed by atoms with Crippen molar-refractivity contribution in [1.29, 1.82) is 0 Å². The van der Waals surface area contributed by atoms with E-state index >= 15 is 0 Å². The van der Waals surface area contributed by atoms with Crippen LogP contribution >= 0.6 is 0 Å². The molecule has 5 N–H and O–H groups in total. The molecule has 6 nitrogen and oxygen atoms in total. The molecule has 0 amide bonds. The summed E-state index contributed by atoms with van der Waals surface area (Å²) in [5, 5.41) is 40.1. The lowest BCUT2D eigenvalue weighted by atomic mass is 9.82. The van der Waals surface area contributed by atoms with E-state index in [1.807, 2.05) is 17.3 Å². The molecule has 82 valence electrons. The molecule has 0 aromatic heterocycles. The van der Waals surface area contributed by atoms with Gasteiger partial charge < -0.3 is 25.3 Å². The van der Waals surface area contributed by atoms with E-state index < -0.39 is 17.2 Å². The fourth-order valence-electron chi connectivity index (χ4n) is 2.56. The predicted molar refractivity (Wildman–Crippen MR) is 46.6 cm³/mol. The van der Waals surface area contributed by atoms with Crippen LogP contribution in [-0.2, 0) is 0 Å². The molecule has 2 aliphatic rings. The van der Waals surface area contributed by atoms with Crippen LogP contribution in [0.3, 0.4) is 0 Å². The van der Waals surface area contributed by atoms with Crippen LogP contribution in [0.15, 0.2) is 0 Å². The average Bonchev–Trinajstić information content (AvgIpc) is 2.35. The maximum absolute atomic E-state index is 9.70. The Hall–Kier alpha value is -0.240. The van der Waals surface area contributed by atoms with Crippen LogP contribution < -0.4 is 5.32 Å². The van der Waals surface area contributed by atoms with Crippen molar-refractivity contribution in [3.05, 3.63) is 0 Å². The Balaban J connectivity index is 2.27. The van der Waals surface area contributed by atoms with Crippen LogP contribution in [0.5, 0.6) is 0 Å². The maximum atomic E-state index is 9.70. The fraction of sp³-hybridized carbons (Fsp3) is 1.00. The molecule has 1 spiro atoms. The first-order valence-electron chi connectivity index (χ1n) is 4.64. The Morgan fingerprint density at radius 3 is 2.21 bits per heavy atom. The first kappa shape index (κ1) is 10.3. The maximum Gasteiger partial charge on any atom is 0.233 e. The molecule has 0 saturated carbocycles. The van der Waals surface area contributed by atoms with E-state index in [9.17, 15) is 20.4 Å². The second kappa shape index (κ2) is 2.66. The normalized spacial score (nSPS) is 40.9. The van der Waals surface area contributed by atoms with E-state index in [0.717, 1.165) is 6.54 Å². The van der Waals surface area contributed by atoms with Gasteiger partial charge in [-0.25, -0.2) is 5.32 Å². The molecule has 0 aliphatic carbocycles. The van der Waals surface area contributed by atoms with Crippen molar-refractivity contribution >= 4 is 0 Å². The molecule has 2 saturated heterocycles. The van der Waals surface area contributed by atoms with Gasteiger partial charge in [-0.15, -0.1) is 0 Å². The van der Waals surface area contributed by atoms with Crippen molar-refractivity contribution in [2.45, 2.75) is 24.7 Å². The number of hydrogen-bond donors (Lipinski definition) is 5. The van der Waals surface area contributed by atoms with Gasteiger partial charge in [-0.05, 0) is 20.0 Å². The van der Waals surface area contributed by atoms with Crippen LogP contribution in [0.2, 0.25) is 0 Å². The highest BCUT2D eigenvalue weighted by atomic mass is 16.6. The van der Waals surface area contributed by atoms with Gasteiger partial charge in [0.2, 0.25) is 11.8 Å². The van der Waals surface area contributed by atoms with E-state index in [2.05, 4.69) is 0 Å². The first-order valence-corrected chi connectivity index (χ1v) is 4.64. The van der Waals surface area contributed by atoms with Crippen LogP contribution in [0.1, 0.15) is 12.8 Å².